The van der Waals surface area contributed by atoms with Crippen molar-refractivity contribution < 1.29 is 8.78 Å². The average Bonchev–Trinajstić information content (AvgIpc) is 1.98. The monoisotopic (exact) mass is 221 g/mol. The van der Waals surface area contributed by atoms with Gasteiger partial charge in [-0.05, 0) is 38.0 Å². The molecule has 0 aliphatic carbocycles. The molecule has 0 atom stereocenters. The van der Waals surface area contributed by atoms with Gasteiger partial charge in [0.1, 0.15) is 0 Å². The molecule has 0 unspecified atom stereocenters. The van der Waals surface area contributed by atoms with Crippen LogP contribution >= 0.6 is 12.4 Å². The average molecular weight is 222 g/mol. The highest BCUT2D eigenvalue weighted by atomic mass is 35.5. The van der Waals surface area contributed by atoms with E-state index in [0.29, 0.717) is 5.56 Å². The first-order valence-corrected chi connectivity index (χ1v) is 4.08. The van der Waals surface area contributed by atoms with E-state index in [2.05, 4.69) is 0 Å². The molecule has 0 aliphatic rings. The molecule has 0 heterocycles. The van der Waals surface area contributed by atoms with Gasteiger partial charge in [0.25, 0.3) is 0 Å². The Labute approximate surface area is 88.7 Å². The number of nitrogens with two attached hydrogens (primary N) is 1. The Bertz CT molecular complexity index is 332. The lowest BCUT2D eigenvalue weighted by Gasteiger charge is -2.21. The molecule has 0 radical (unpaired) electrons. The molecule has 0 bridgehead atoms. The third kappa shape index (κ3) is 2.42. The van der Waals surface area contributed by atoms with Crippen LogP contribution in [0, 0.1) is 18.6 Å². The Morgan fingerprint density at radius 2 is 1.71 bits per heavy atom. The fourth-order valence-corrected chi connectivity index (χ4v) is 1.35. The molecule has 0 fully saturated rings. The lowest BCUT2D eigenvalue weighted by molar-refractivity contribution is 0.486. The van der Waals surface area contributed by atoms with Crippen molar-refractivity contribution in [3.05, 3.63) is 34.9 Å². The van der Waals surface area contributed by atoms with Crippen LogP contribution in [-0.4, -0.2) is 0 Å². The zero-order valence-electron chi connectivity index (χ0n) is 8.40. The van der Waals surface area contributed by atoms with Crippen molar-refractivity contribution in [3.8, 4) is 0 Å². The van der Waals surface area contributed by atoms with E-state index in [1.54, 1.807) is 13.8 Å². The summed E-state index contributed by atoms with van der Waals surface area (Å²) < 4.78 is 25.8. The standard InChI is InChI=1S/C10H13F2N.ClH/c1-6-7(10(2,3)13)4-5-8(11)9(6)12;/h4-5H,13H2,1-3H3;1H. The van der Waals surface area contributed by atoms with Crippen molar-refractivity contribution in [2.75, 3.05) is 0 Å². The minimum Gasteiger partial charge on any atom is -0.322 e. The number of hydrogen-bond acceptors (Lipinski definition) is 1. The van der Waals surface area contributed by atoms with Crippen LogP contribution in [0.3, 0.4) is 0 Å². The van der Waals surface area contributed by atoms with Crippen LogP contribution in [0.1, 0.15) is 25.0 Å². The van der Waals surface area contributed by atoms with E-state index in [-0.39, 0.29) is 18.0 Å². The zero-order valence-corrected chi connectivity index (χ0v) is 9.21. The van der Waals surface area contributed by atoms with Crippen molar-refractivity contribution in [2.24, 2.45) is 5.73 Å². The Morgan fingerprint density at radius 1 is 1.21 bits per heavy atom. The van der Waals surface area contributed by atoms with Crippen LogP contribution in [0.5, 0.6) is 0 Å². The Morgan fingerprint density at radius 3 is 2.14 bits per heavy atom. The highest BCUT2D eigenvalue weighted by molar-refractivity contribution is 5.85. The van der Waals surface area contributed by atoms with E-state index in [9.17, 15) is 8.78 Å². The van der Waals surface area contributed by atoms with E-state index in [0.717, 1.165) is 6.07 Å². The molecule has 0 aliphatic heterocycles. The molecule has 1 aromatic rings. The predicted molar refractivity (Wildman–Crippen MR) is 55.6 cm³/mol. The number of benzene rings is 1. The van der Waals surface area contributed by atoms with Crippen molar-refractivity contribution in [1.29, 1.82) is 0 Å². The van der Waals surface area contributed by atoms with Gasteiger partial charge in [-0.1, -0.05) is 6.07 Å². The largest absolute Gasteiger partial charge is 0.322 e. The smallest absolute Gasteiger partial charge is 0.162 e. The minimum absolute atomic E-state index is 0. The van der Waals surface area contributed by atoms with Gasteiger partial charge in [0.2, 0.25) is 0 Å². The zero-order chi connectivity index (χ0) is 10.2. The van der Waals surface area contributed by atoms with Crippen LogP contribution in [0.2, 0.25) is 0 Å². The van der Waals surface area contributed by atoms with Gasteiger partial charge in [-0.3, -0.25) is 0 Å². The molecular weight excluding hydrogens is 208 g/mol. The summed E-state index contributed by atoms with van der Waals surface area (Å²) in [6, 6.07) is 2.63. The van der Waals surface area contributed by atoms with Crippen molar-refractivity contribution in [1.82, 2.24) is 0 Å². The van der Waals surface area contributed by atoms with Gasteiger partial charge >= 0.3 is 0 Å². The summed E-state index contributed by atoms with van der Waals surface area (Å²) in [7, 11) is 0. The van der Waals surface area contributed by atoms with Crippen LogP contribution in [0.4, 0.5) is 8.78 Å². The quantitative estimate of drug-likeness (QED) is 0.776. The summed E-state index contributed by atoms with van der Waals surface area (Å²) in [4.78, 5) is 0. The SMILES string of the molecule is Cc1c(C(C)(C)N)ccc(F)c1F.Cl. The molecule has 4 heteroatoms. The molecule has 0 saturated carbocycles. The molecule has 80 valence electrons. The Kier molecular flexibility index (Phi) is 4.03. The summed E-state index contributed by atoms with van der Waals surface area (Å²) in [5.74, 6) is -1.64. The summed E-state index contributed by atoms with van der Waals surface area (Å²) in [5.41, 5.74) is 6.06. The fraction of sp³-hybridized carbons (Fsp3) is 0.400. The summed E-state index contributed by atoms with van der Waals surface area (Å²) in [6.45, 7) is 5.04. The summed E-state index contributed by atoms with van der Waals surface area (Å²) in [5, 5.41) is 0. The first-order chi connectivity index (χ1) is 5.84. The van der Waals surface area contributed by atoms with Gasteiger partial charge < -0.3 is 5.73 Å². The van der Waals surface area contributed by atoms with Crippen LogP contribution in [-0.2, 0) is 5.54 Å². The summed E-state index contributed by atoms with van der Waals surface area (Å²) >= 11 is 0. The van der Waals surface area contributed by atoms with E-state index in [1.165, 1.54) is 13.0 Å². The van der Waals surface area contributed by atoms with Gasteiger partial charge in [0.15, 0.2) is 11.6 Å². The maximum Gasteiger partial charge on any atom is 0.162 e. The second-order valence-corrected chi connectivity index (χ2v) is 3.76. The maximum absolute atomic E-state index is 13.1. The molecule has 0 aromatic heterocycles. The molecule has 14 heavy (non-hydrogen) atoms. The molecule has 1 aromatic carbocycles. The molecule has 1 rings (SSSR count). The Balaban J connectivity index is 0.00000169. The first kappa shape index (κ1) is 13.3. The molecule has 0 spiro atoms. The van der Waals surface area contributed by atoms with E-state index in [4.69, 9.17) is 5.73 Å². The predicted octanol–water partition coefficient (Wildman–Crippen LogP) is 2.89. The lowest BCUT2D eigenvalue weighted by atomic mass is 9.91. The molecular formula is C10H14ClF2N. The first-order valence-electron chi connectivity index (χ1n) is 4.08. The van der Waals surface area contributed by atoms with Gasteiger partial charge in [-0.25, -0.2) is 8.78 Å². The van der Waals surface area contributed by atoms with E-state index < -0.39 is 17.2 Å². The second-order valence-electron chi connectivity index (χ2n) is 3.76. The highest BCUT2D eigenvalue weighted by Gasteiger charge is 2.20. The lowest BCUT2D eigenvalue weighted by Crippen LogP contribution is -2.30. The Hall–Kier alpha value is -0.670. The molecule has 2 N–H and O–H groups in total. The van der Waals surface area contributed by atoms with E-state index in [1.807, 2.05) is 0 Å². The minimum atomic E-state index is -0.828. The van der Waals surface area contributed by atoms with Crippen LogP contribution < -0.4 is 5.73 Å². The third-order valence-corrected chi connectivity index (χ3v) is 2.03. The van der Waals surface area contributed by atoms with Gasteiger partial charge in [0.05, 0.1) is 0 Å². The van der Waals surface area contributed by atoms with Gasteiger partial charge in [-0.15, -0.1) is 12.4 Å². The molecule has 1 nitrogen and oxygen atoms in total. The van der Waals surface area contributed by atoms with Crippen molar-refractivity contribution in [3.63, 3.8) is 0 Å². The molecule has 0 amide bonds. The highest BCUT2D eigenvalue weighted by Crippen LogP contribution is 2.24. The number of halogens is 3. The van der Waals surface area contributed by atoms with Crippen molar-refractivity contribution >= 4 is 12.4 Å². The normalized spacial score (nSPS) is 11.0. The van der Waals surface area contributed by atoms with Crippen LogP contribution in [0.15, 0.2) is 12.1 Å². The van der Waals surface area contributed by atoms with Crippen molar-refractivity contribution in [2.45, 2.75) is 26.3 Å². The topological polar surface area (TPSA) is 26.0 Å². The van der Waals surface area contributed by atoms with Crippen LogP contribution in [0.25, 0.3) is 0 Å². The summed E-state index contributed by atoms with van der Waals surface area (Å²) in [6.07, 6.45) is 0. The maximum atomic E-state index is 13.1. The number of hydrogen-bond donors (Lipinski definition) is 1. The second kappa shape index (κ2) is 4.24. The fourth-order valence-electron chi connectivity index (χ4n) is 1.35. The van der Waals surface area contributed by atoms with Gasteiger partial charge in [-0.2, -0.15) is 0 Å². The van der Waals surface area contributed by atoms with E-state index >= 15 is 0 Å². The third-order valence-electron chi connectivity index (χ3n) is 2.03. The number of rotatable bonds is 1. The van der Waals surface area contributed by atoms with Gasteiger partial charge in [0, 0.05) is 5.54 Å². The molecule has 0 saturated heterocycles.